The summed E-state index contributed by atoms with van der Waals surface area (Å²) < 4.78 is 0. The van der Waals surface area contributed by atoms with E-state index in [1.807, 2.05) is 12.1 Å². The Bertz CT molecular complexity index is 429. The molecule has 1 aromatic carbocycles. The van der Waals surface area contributed by atoms with E-state index in [4.69, 9.17) is 5.73 Å². The summed E-state index contributed by atoms with van der Waals surface area (Å²) in [6.07, 6.45) is 4.00. The van der Waals surface area contributed by atoms with E-state index in [1.54, 1.807) is 0 Å². The molecule has 0 saturated carbocycles. The predicted octanol–water partition coefficient (Wildman–Crippen LogP) is 2.37. The molecular weight excluding hydrogens is 214 g/mol. The maximum Gasteiger partial charge on any atom is 0.228 e. The Kier molecular flexibility index (Phi) is 3.52. The highest BCUT2D eigenvalue weighted by Gasteiger charge is 2.18. The topological polar surface area (TPSA) is 67.1 Å². The molecule has 4 N–H and O–H groups in total. The number of nitrogens with two attached hydrogens (primary N) is 1. The second-order valence-electron chi connectivity index (χ2n) is 4.46. The second kappa shape index (κ2) is 5.08. The summed E-state index contributed by atoms with van der Waals surface area (Å²) in [6.45, 7) is 3.10. The Hall–Kier alpha value is -1.71. The van der Waals surface area contributed by atoms with Crippen LogP contribution >= 0.6 is 0 Å². The van der Waals surface area contributed by atoms with Crippen molar-refractivity contribution in [2.45, 2.75) is 32.6 Å². The van der Waals surface area contributed by atoms with Crippen molar-refractivity contribution < 1.29 is 4.79 Å². The summed E-state index contributed by atoms with van der Waals surface area (Å²) in [7, 11) is 0. The smallest absolute Gasteiger partial charge is 0.228 e. The van der Waals surface area contributed by atoms with Gasteiger partial charge < -0.3 is 16.4 Å². The van der Waals surface area contributed by atoms with Gasteiger partial charge in [-0.2, -0.15) is 0 Å². The van der Waals surface area contributed by atoms with Crippen molar-refractivity contribution in [1.29, 1.82) is 0 Å². The fraction of sp³-hybridized carbons (Fsp3) is 0.462. The van der Waals surface area contributed by atoms with E-state index < -0.39 is 0 Å². The zero-order valence-electron chi connectivity index (χ0n) is 10.2. The molecule has 1 aliphatic rings. The molecule has 0 fully saturated rings. The zero-order chi connectivity index (χ0) is 12.3. The summed E-state index contributed by atoms with van der Waals surface area (Å²) in [5.74, 6) is 0.0440. The van der Waals surface area contributed by atoms with Crippen molar-refractivity contribution in [3.8, 4) is 0 Å². The first kappa shape index (κ1) is 11.8. The number of nitrogens with one attached hydrogen (secondary N) is 2. The number of benzene rings is 1. The van der Waals surface area contributed by atoms with E-state index in [9.17, 15) is 4.79 Å². The number of carbonyl (C=O) groups is 1. The number of hydrogen-bond donors (Lipinski definition) is 3. The van der Waals surface area contributed by atoms with Crippen molar-refractivity contribution >= 4 is 23.0 Å². The van der Waals surface area contributed by atoms with E-state index >= 15 is 0 Å². The summed E-state index contributed by atoms with van der Waals surface area (Å²) in [4.78, 5) is 11.2. The average molecular weight is 233 g/mol. The standard InChI is InChI=1S/C13H19N3O/c1-2-3-4-5-15-12-8-11-9(6-10(12)14)7-13(17)16-11/h6,8,15H,2-5,7,14H2,1H3,(H,16,17). The normalized spacial score (nSPS) is 13.4. The molecule has 0 unspecified atom stereocenters. The molecule has 4 heteroatoms. The molecule has 0 bridgehead atoms. The molecule has 0 atom stereocenters. The van der Waals surface area contributed by atoms with Crippen LogP contribution < -0.4 is 16.4 Å². The van der Waals surface area contributed by atoms with Gasteiger partial charge >= 0.3 is 0 Å². The largest absolute Gasteiger partial charge is 0.397 e. The van der Waals surface area contributed by atoms with Crippen LogP contribution in [-0.2, 0) is 11.2 Å². The minimum atomic E-state index is 0.0440. The summed E-state index contributed by atoms with van der Waals surface area (Å²) in [5, 5.41) is 6.15. The molecule has 0 aliphatic carbocycles. The molecule has 0 radical (unpaired) electrons. The van der Waals surface area contributed by atoms with Crippen molar-refractivity contribution in [3.63, 3.8) is 0 Å². The Morgan fingerprint density at radius 1 is 1.41 bits per heavy atom. The van der Waals surface area contributed by atoms with E-state index in [-0.39, 0.29) is 5.91 Å². The molecule has 1 amide bonds. The van der Waals surface area contributed by atoms with Crippen LogP contribution in [0.2, 0.25) is 0 Å². The third-order valence-electron chi connectivity index (χ3n) is 3.00. The van der Waals surface area contributed by atoms with Gasteiger partial charge in [0.1, 0.15) is 0 Å². The Morgan fingerprint density at radius 3 is 3.00 bits per heavy atom. The number of rotatable bonds is 5. The fourth-order valence-electron chi connectivity index (χ4n) is 2.04. The molecule has 0 spiro atoms. The molecule has 4 nitrogen and oxygen atoms in total. The van der Waals surface area contributed by atoms with Crippen molar-refractivity contribution in [3.05, 3.63) is 17.7 Å². The van der Waals surface area contributed by atoms with Crippen molar-refractivity contribution in [2.24, 2.45) is 0 Å². The quantitative estimate of drug-likeness (QED) is 0.540. The predicted molar refractivity (Wildman–Crippen MR) is 71.2 cm³/mol. The maximum absolute atomic E-state index is 11.2. The number of carbonyl (C=O) groups excluding carboxylic acids is 1. The first-order chi connectivity index (χ1) is 8.20. The first-order valence-electron chi connectivity index (χ1n) is 6.17. The molecule has 2 rings (SSSR count). The third kappa shape index (κ3) is 2.70. The van der Waals surface area contributed by atoms with Gasteiger partial charge in [0.2, 0.25) is 5.91 Å². The van der Waals surface area contributed by atoms with Gasteiger partial charge in [0.15, 0.2) is 0 Å². The summed E-state index contributed by atoms with van der Waals surface area (Å²) in [6, 6.07) is 3.82. The van der Waals surface area contributed by atoms with Gasteiger partial charge in [0.05, 0.1) is 17.8 Å². The minimum Gasteiger partial charge on any atom is -0.397 e. The second-order valence-corrected chi connectivity index (χ2v) is 4.46. The lowest BCUT2D eigenvalue weighted by Crippen LogP contribution is -2.05. The van der Waals surface area contributed by atoms with E-state index in [0.29, 0.717) is 6.42 Å². The number of nitrogen functional groups attached to an aromatic ring is 1. The highest BCUT2D eigenvalue weighted by atomic mass is 16.1. The molecule has 1 aromatic rings. The van der Waals surface area contributed by atoms with E-state index in [2.05, 4.69) is 17.6 Å². The molecule has 1 heterocycles. The lowest BCUT2D eigenvalue weighted by Gasteiger charge is -2.11. The van der Waals surface area contributed by atoms with Gasteiger partial charge in [0, 0.05) is 12.2 Å². The molecular formula is C13H19N3O. The third-order valence-corrected chi connectivity index (χ3v) is 3.00. The lowest BCUT2D eigenvalue weighted by atomic mass is 10.1. The Labute approximate surface area is 102 Å². The van der Waals surface area contributed by atoms with Crippen LogP contribution in [0.25, 0.3) is 0 Å². The highest BCUT2D eigenvalue weighted by Crippen LogP contribution is 2.31. The highest BCUT2D eigenvalue weighted by molar-refractivity contribution is 6.00. The number of fused-ring (bicyclic) bond motifs is 1. The summed E-state index contributed by atoms with van der Waals surface area (Å²) >= 11 is 0. The van der Waals surface area contributed by atoms with Crippen LogP contribution in [0.15, 0.2) is 12.1 Å². The molecule has 1 aliphatic heterocycles. The number of hydrogen-bond acceptors (Lipinski definition) is 3. The van der Waals surface area contributed by atoms with Crippen molar-refractivity contribution in [2.75, 3.05) is 22.9 Å². The fourth-order valence-corrected chi connectivity index (χ4v) is 2.04. The number of amides is 1. The van der Waals surface area contributed by atoms with Crippen LogP contribution in [0.1, 0.15) is 31.7 Å². The van der Waals surface area contributed by atoms with Gasteiger partial charge in [0.25, 0.3) is 0 Å². The first-order valence-corrected chi connectivity index (χ1v) is 6.17. The van der Waals surface area contributed by atoms with Gasteiger partial charge in [-0.05, 0) is 24.1 Å². The monoisotopic (exact) mass is 233 g/mol. The van der Waals surface area contributed by atoms with E-state index in [0.717, 1.165) is 35.6 Å². The summed E-state index contributed by atoms with van der Waals surface area (Å²) in [5.41, 5.74) is 9.47. The number of anilines is 3. The minimum absolute atomic E-state index is 0.0440. The molecule has 92 valence electrons. The van der Waals surface area contributed by atoms with Crippen LogP contribution in [0, 0.1) is 0 Å². The Balaban J connectivity index is 2.03. The molecule has 0 saturated heterocycles. The molecule has 17 heavy (non-hydrogen) atoms. The number of unbranched alkanes of at least 4 members (excludes halogenated alkanes) is 2. The van der Waals surface area contributed by atoms with Gasteiger partial charge in [-0.3, -0.25) is 4.79 Å². The van der Waals surface area contributed by atoms with E-state index in [1.165, 1.54) is 12.8 Å². The maximum atomic E-state index is 11.2. The zero-order valence-corrected chi connectivity index (χ0v) is 10.2. The van der Waals surface area contributed by atoms with Gasteiger partial charge in [-0.1, -0.05) is 19.8 Å². The van der Waals surface area contributed by atoms with Gasteiger partial charge in [-0.25, -0.2) is 0 Å². The lowest BCUT2D eigenvalue weighted by molar-refractivity contribution is -0.115. The van der Waals surface area contributed by atoms with Gasteiger partial charge in [-0.15, -0.1) is 0 Å². The van der Waals surface area contributed by atoms with Crippen molar-refractivity contribution in [1.82, 2.24) is 0 Å². The van der Waals surface area contributed by atoms with Crippen LogP contribution in [0.4, 0.5) is 17.1 Å². The Morgan fingerprint density at radius 2 is 2.24 bits per heavy atom. The van der Waals surface area contributed by atoms with Crippen LogP contribution in [0.3, 0.4) is 0 Å². The average Bonchev–Trinajstić information content (AvgIpc) is 2.63. The molecule has 0 aromatic heterocycles. The SMILES string of the molecule is CCCCCNc1cc2c(cc1N)CC(=O)N2. The van der Waals surface area contributed by atoms with Crippen LogP contribution in [0.5, 0.6) is 0 Å². The van der Waals surface area contributed by atoms with Crippen LogP contribution in [-0.4, -0.2) is 12.5 Å².